The molecule has 0 heterocycles. The number of rotatable bonds is 16. The summed E-state index contributed by atoms with van der Waals surface area (Å²) in [6, 6.07) is 0. The molecule has 152 valence electrons. The lowest BCUT2D eigenvalue weighted by molar-refractivity contribution is -0.140. The number of amides is 1. The fourth-order valence-electron chi connectivity index (χ4n) is 2.71. The predicted molar refractivity (Wildman–Crippen MR) is 106 cm³/mol. The van der Waals surface area contributed by atoms with E-state index in [9.17, 15) is 14.7 Å². The summed E-state index contributed by atoms with van der Waals surface area (Å²) in [5.41, 5.74) is 0. The highest BCUT2D eigenvalue weighted by molar-refractivity contribution is 5.75. The zero-order valence-corrected chi connectivity index (χ0v) is 17.0. The Labute approximate surface area is 159 Å². The van der Waals surface area contributed by atoms with Gasteiger partial charge in [0.2, 0.25) is 5.91 Å². The third-order valence-corrected chi connectivity index (χ3v) is 4.50. The summed E-state index contributed by atoms with van der Waals surface area (Å²) in [5, 5.41) is 9.79. The molecule has 0 bridgehead atoms. The molecule has 0 aromatic carbocycles. The standard InChI is InChI=1S/C21H39NO4/c1-4-5-9-14-19(23)15-10-8-11-16-20(24)22(2)18-13-7-6-12-17-21(25)26-3/h10,15,19,23H,4-9,11-14,16-18H2,1-3H3/b15-10+. The van der Waals surface area contributed by atoms with E-state index >= 15 is 0 Å². The van der Waals surface area contributed by atoms with Crippen LogP contribution in [0.5, 0.6) is 0 Å². The van der Waals surface area contributed by atoms with Crippen LogP contribution in [0, 0.1) is 0 Å². The monoisotopic (exact) mass is 369 g/mol. The van der Waals surface area contributed by atoms with Gasteiger partial charge in [-0.2, -0.15) is 0 Å². The van der Waals surface area contributed by atoms with Crippen molar-refractivity contribution >= 4 is 11.9 Å². The van der Waals surface area contributed by atoms with Crippen LogP contribution in [0.2, 0.25) is 0 Å². The van der Waals surface area contributed by atoms with Gasteiger partial charge in [-0.05, 0) is 32.1 Å². The van der Waals surface area contributed by atoms with Crippen LogP contribution in [0.15, 0.2) is 12.2 Å². The van der Waals surface area contributed by atoms with Gasteiger partial charge in [-0.15, -0.1) is 0 Å². The maximum absolute atomic E-state index is 12.1. The Morgan fingerprint density at radius 3 is 2.46 bits per heavy atom. The van der Waals surface area contributed by atoms with Gasteiger partial charge in [0.15, 0.2) is 0 Å². The molecular formula is C21H39NO4. The minimum Gasteiger partial charge on any atom is -0.469 e. The van der Waals surface area contributed by atoms with Crippen LogP contribution < -0.4 is 0 Å². The lowest BCUT2D eigenvalue weighted by Gasteiger charge is -2.16. The summed E-state index contributed by atoms with van der Waals surface area (Å²) in [7, 11) is 3.26. The molecule has 5 heteroatoms. The van der Waals surface area contributed by atoms with E-state index in [0.29, 0.717) is 12.8 Å². The number of aliphatic hydroxyl groups excluding tert-OH is 1. The molecule has 0 saturated heterocycles. The van der Waals surface area contributed by atoms with Gasteiger partial charge in [0.05, 0.1) is 13.2 Å². The van der Waals surface area contributed by atoms with E-state index in [1.165, 1.54) is 13.5 Å². The third kappa shape index (κ3) is 14.9. The molecule has 0 radical (unpaired) electrons. The molecule has 0 aliphatic carbocycles. The van der Waals surface area contributed by atoms with Crippen molar-refractivity contribution < 1.29 is 19.4 Å². The summed E-state index contributed by atoms with van der Waals surface area (Å²) in [6.07, 6.45) is 14.2. The third-order valence-electron chi connectivity index (χ3n) is 4.50. The molecule has 5 nitrogen and oxygen atoms in total. The smallest absolute Gasteiger partial charge is 0.305 e. The van der Waals surface area contributed by atoms with Gasteiger partial charge in [0.25, 0.3) is 0 Å². The molecule has 1 atom stereocenters. The van der Waals surface area contributed by atoms with Crippen molar-refractivity contribution in [2.45, 2.75) is 90.1 Å². The van der Waals surface area contributed by atoms with E-state index in [0.717, 1.165) is 64.3 Å². The van der Waals surface area contributed by atoms with Crippen LogP contribution in [0.4, 0.5) is 0 Å². The number of aliphatic hydroxyl groups is 1. The fourth-order valence-corrected chi connectivity index (χ4v) is 2.71. The molecule has 0 aromatic rings. The summed E-state index contributed by atoms with van der Waals surface area (Å²) in [6.45, 7) is 2.92. The molecule has 1 unspecified atom stereocenters. The van der Waals surface area contributed by atoms with E-state index in [4.69, 9.17) is 0 Å². The number of carbonyl (C=O) groups excluding carboxylic acids is 2. The van der Waals surface area contributed by atoms with Crippen molar-refractivity contribution in [3.63, 3.8) is 0 Å². The molecule has 1 N–H and O–H groups in total. The maximum Gasteiger partial charge on any atom is 0.305 e. The molecule has 0 saturated carbocycles. The Hall–Kier alpha value is -1.36. The molecule has 0 fully saturated rings. The van der Waals surface area contributed by atoms with Crippen LogP contribution in [-0.4, -0.2) is 48.7 Å². The molecule has 0 aliphatic heterocycles. The van der Waals surface area contributed by atoms with Crippen LogP contribution in [0.3, 0.4) is 0 Å². The minimum atomic E-state index is -0.348. The first-order valence-electron chi connectivity index (χ1n) is 10.2. The normalized spacial score (nSPS) is 12.3. The summed E-state index contributed by atoms with van der Waals surface area (Å²) in [4.78, 5) is 24.8. The zero-order valence-electron chi connectivity index (χ0n) is 17.0. The first kappa shape index (κ1) is 24.6. The second-order valence-corrected chi connectivity index (χ2v) is 6.94. The summed E-state index contributed by atoms with van der Waals surface area (Å²) in [5.74, 6) is 0.0243. The second-order valence-electron chi connectivity index (χ2n) is 6.94. The highest BCUT2D eigenvalue weighted by atomic mass is 16.5. The van der Waals surface area contributed by atoms with Gasteiger partial charge in [-0.1, -0.05) is 51.2 Å². The molecule has 0 aromatic heterocycles. The van der Waals surface area contributed by atoms with Crippen molar-refractivity contribution in [2.24, 2.45) is 0 Å². The van der Waals surface area contributed by atoms with E-state index < -0.39 is 0 Å². The lowest BCUT2D eigenvalue weighted by atomic mass is 10.1. The van der Waals surface area contributed by atoms with E-state index in [-0.39, 0.29) is 18.0 Å². The molecule has 0 spiro atoms. The number of hydrogen-bond acceptors (Lipinski definition) is 4. The van der Waals surface area contributed by atoms with Crippen LogP contribution in [-0.2, 0) is 14.3 Å². The number of nitrogens with zero attached hydrogens (tertiary/aromatic N) is 1. The van der Waals surface area contributed by atoms with Crippen molar-refractivity contribution in [3.8, 4) is 0 Å². The Kier molecular flexibility index (Phi) is 16.2. The number of ether oxygens (including phenoxy) is 1. The van der Waals surface area contributed by atoms with Crippen molar-refractivity contribution in [1.82, 2.24) is 4.90 Å². The molecular weight excluding hydrogens is 330 g/mol. The van der Waals surface area contributed by atoms with Gasteiger partial charge in [-0.25, -0.2) is 0 Å². The number of hydrogen-bond donors (Lipinski definition) is 1. The molecule has 0 aliphatic rings. The first-order valence-corrected chi connectivity index (χ1v) is 10.2. The lowest BCUT2D eigenvalue weighted by Crippen LogP contribution is -2.27. The fraction of sp³-hybridized carbons (Fsp3) is 0.810. The summed E-state index contributed by atoms with van der Waals surface area (Å²) >= 11 is 0. The minimum absolute atomic E-state index is 0.153. The maximum atomic E-state index is 12.1. The SMILES string of the molecule is CCCCCC(O)/C=C/CCCC(=O)N(C)CCCCCCC(=O)OC. The van der Waals surface area contributed by atoms with Crippen molar-refractivity contribution in [1.29, 1.82) is 0 Å². The topological polar surface area (TPSA) is 66.8 Å². The van der Waals surface area contributed by atoms with E-state index in [1.807, 2.05) is 19.2 Å². The number of allylic oxidation sites excluding steroid dienone is 1. The largest absolute Gasteiger partial charge is 0.469 e. The van der Waals surface area contributed by atoms with Gasteiger partial charge < -0.3 is 14.7 Å². The predicted octanol–water partition coefficient (Wildman–Crippen LogP) is 4.24. The Morgan fingerprint density at radius 2 is 1.77 bits per heavy atom. The molecule has 1 amide bonds. The van der Waals surface area contributed by atoms with E-state index in [2.05, 4.69) is 11.7 Å². The molecule has 26 heavy (non-hydrogen) atoms. The number of unbranched alkanes of at least 4 members (excludes halogenated alkanes) is 6. The van der Waals surface area contributed by atoms with Crippen molar-refractivity contribution in [2.75, 3.05) is 20.7 Å². The van der Waals surface area contributed by atoms with Crippen LogP contribution >= 0.6 is 0 Å². The first-order chi connectivity index (χ1) is 12.5. The van der Waals surface area contributed by atoms with Gasteiger partial charge >= 0.3 is 5.97 Å². The van der Waals surface area contributed by atoms with Gasteiger partial charge in [0, 0.05) is 26.4 Å². The number of carbonyl (C=O) groups is 2. The summed E-state index contributed by atoms with van der Waals surface area (Å²) < 4.78 is 4.61. The average Bonchev–Trinajstić information content (AvgIpc) is 2.63. The Morgan fingerprint density at radius 1 is 1.04 bits per heavy atom. The highest BCUT2D eigenvalue weighted by Crippen LogP contribution is 2.08. The number of esters is 1. The average molecular weight is 370 g/mol. The number of methoxy groups -OCH3 is 1. The zero-order chi connectivity index (χ0) is 19.6. The Bertz CT molecular complexity index is 395. The van der Waals surface area contributed by atoms with Crippen molar-refractivity contribution in [3.05, 3.63) is 12.2 Å². The van der Waals surface area contributed by atoms with Gasteiger partial charge in [0.1, 0.15) is 0 Å². The van der Waals surface area contributed by atoms with E-state index in [1.54, 1.807) is 4.90 Å². The highest BCUT2D eigenvalue weighted by Gasteiger charge is 2.07. The molecule has 0 rings (SSSR count). The second kappa shape index (κ2) is 17.1. The quantitative estimate of drug-likeness (QED) is 0.251. The van der Waals surface area contributed by atoms with Crippen LogP contribution in [0.25, 0.3) is 0 Å². The van der Waals surface area contributed by atoms with Crippen LogP contribution in [0.1, 0.15) is 84.0 Å². The van der Waals surface area contributed by atoms with Gasteiger partial charge in [-0.3, -0.25) is 9.59 Å². The Balaban J connectivity index is 3.62.